The van der Waals surface area contributed by atoms with Crippen molar-refractivity contribution < 1.29 is 5.11 Å². The molecule has 0 aromatic heterocycles. The third kappa shape index (κ3) is 3.48. The van der Waals surface area contributed by atoms with Gasteiger partial charge in [-0.25, -0.2) is 0 Å². The van der Waals surface area contributed by atoms with Gasteiger partial charge >= 0.3 is 0 Å². The van der Waals surface area contributed by atoms with Crippen molar-refractivity contribution in [2.24, 2.45) is 4.99 Å². The van der Waals surface area contributed by atoms with E-state index in [9.17, 15) is 5.11 Å². The molecule has 0 unspecified atom stereocenters. The Morgan fingerprint density at radius 2 is 1.65 bits per heavy atom. The lowest BCUT2D eigenvalue weighted by atomic mass is 10.2. The first-order chi connectivity index (χ1) is 8.13. The number of halogens is 2. The first-order valence-corrected chi connectivity index (χ1v) is 5.68. The van der Waals surface area contributed by atoms with E-state index in [1.54, 1.807) is 30.5 Å². The molecular weight excluding hydrogens is 257 g/mol. The maximum atomic E-state index is 9.36. The lowest BCUT2D eigenvalue weighted by Crippen LogP contribution is -1.80. The van der Waals surface area contributed by atoms with Crippen molar-refractivity contribution in [1.29, 1.82) is 0 Å². The Morgan fingerprint density at radius 3 is 2.29 bits per heavy atom. The highest BCUT2D eigenvalue weighted by molar-refractivity contribution is 6.31. The summed E-state index contributed by atoms with van der Waals surface area (Å²) in [5.74, 6) is 0.120. The summed E-state index contributed by atoms with van der Waals surface area (Å²) in [6, 6.07) is 11.9. The minimum atomic E-state index is 0.120. The van der Waals surface area contributed by atoms with Crippen LogP contribution in [0.5, 0.6) is 5.75 Å². The summed E-state index contributed by atoms with van der Waals surface area (Å²) >= 11 is 11.6. The average Bonchev–Trinajstić information content (AvgIpc) is 2.27. The van der Waals surface area contributed by atoms with Gasteiger partial charge in [0.15, 0.2) is 0 Å². The van der Waals surface area contributed by atoms with Crippen LogP contribution in [0.25, 0.3) is 0 Å². The van der Waals surface area contributed by atoms with Crippen LogP contribution in [0.1, 0.15) is 5.56 Å². The molecule has 2 aromatic carbocycles. The maximum Gasteiger partial charge on any atom is 0.117 e. The molecule has 0 aliphatic carbocycles. The highest BCUT2D eigenvalue weighted by Crippen LogP contribution is 2.20. The first-order valence-electron chi connectivity index (χ1n) is 4.93. The SMILES string of the molecule is Oc1cc(Cl)cc(C=Nc2ccc(Cl)cc2)c1. The van der Waals surface area contributed by atoms with Crippen LogP contribution < -0.4 is 0 Å². The quantitative estimate of drug-likeness (QED) is 0.800. The number of hydrogen-bond donors (Lipinski definition) is 1. The Kier molecular flexibility index (Phi) is 3.67. The van der Waals surface area contributed by atoms with Crippen LogP contribution in [0.2, 0.25) is 10.0 Å². The third-order valence-electron chi connectivity index (χ3n) is 2.09. The molecule has 86 valence electrons. The average molecular weight is 266 g/mol. The number of hydrogen-bond acceptors (Lipinski definition) is 2. The van der Waals surface area contributed by atoms with Crippen LogP contribution in [0, 0.1) is 0 Å². The largest absolute Gasteiger partial charge is 0.508 e. The molecule has 0 saturated carbocycles. The minimum absolute atomic E-state index is 0.120. The van der Waals surface area contributed by atoms with Crippen LogP contribution in [-0.4, -0.2) is 11.3 Å². The zero-order chi connectivity index (χ0) is 12.3. The van der Waals surface area contributed by atoms with Gasteiger partial charge in [-0.05, 0) is 48.0 Å². The van der Waals surface area contributed by atoms with Gasteiger partial charge in [0.05, 0.1) is 5.69 Å². The van der Waals surface area contributed by atoms with Crippen molar-refractivity contribution in [1.82, 2.24) is 0 Å². The molecule has 2 rings (SSSR count). The van der Waals surface area contributed by atoms with E-state index in [1.807, 2.05) is 12.1 Å². The van der Waals surface area contributed by atoms with Crippen molar-refractivity contribution >= 4 is 35.1 Å². The Bertz CT molecular complexity index is 530. The highest BCUT2D eigenvalue weighted by Gasteiger charge is 1.96. The van der Waals surface area contributed by atoms with E-state index in [2.05, 4.69) is 4.99 Å². The number of nitrogens with zero attached hydrogens (tertiary/aromatic N) is 1. The van der Waals surface area contributed by atoms with Crippen molar-refractivity contribution in [3.63, 3.8) is 0 Å². The van der Waals surface area contributed by atoms with Crippen molar-refractivity contribution in [3.05, 3.63) is 58.1 Å². The highest BCUT2D eigenvalue weighted by atomic mass is 35.5. The Hall–Kier alpha value is -1.51. The number of rotatable bonds is 2. The number of aromatic hydroxyl groups is 1. The van der Waals surface area contributed by atoms with E-state index in [-0.39, 0.29) is 5.75 Å². The summed E-state index contributed by atoms with van der Waals surface area (Å²) in [7, 11) is 0. The molecule has 0 aliphatic rings. The van der Waals surface area contributed by atoms with E-state index in [1.165, 1.54) is 6.07 Å². The molecule has 0 bridgehead atoms. The smallest absolute Gasteiger partial charge is 0.117 e. The summed E-state index contributed by atoms with van der Waals surface area (Å²) in [6.45, 7) is 0. The lowest BCUT2D eigenvalue weighted by molar-refractivity contribution is 0.475. The van der Waals surface area contributed by atoms with Gasteiger partial charge < -0.3 is 5.11 Å². The second kappa shape index (κ2) is 5.21. The van der Waals surface area contributed by atoms with Gasteiger partial charge in [0.2, 0.25) is 0 Å². The van der Waals surface area contributed by atoms with Crippen LogP contribution >= 0.6 is 23.2 Å². The second-order valence-corrected chi connectivity index (χ2v) is 4.35. The summed E-state index contributed by atoms with van der Waals surface area (Å²) in [6.07, 6.45) is 1.63. The van der Waals surface area contributed by atoms with E-state index in [0.29, 0.717) is 10.0 Å². The normalized spacial score (nSPS) is 10.9. The summed E-state index contributed by atoms with van der Waals surface area (Å²) in [4.78, 5) is 4.25. The van der Waals surface area contributed by atoms with Gasteiger partial charge in [-0.2, -0.15) is 0 Å². The molecule has 0 fully saturated rings. The van der Waals surface area contributed by atoms with Gasteiger partial charge in [-0.3, -0.25) is 4.99 Å². The van der Waals surface area contributed by atoms with Gasteiger partial charge in [-0.15, -0.1) is 0 Å². The number of phenols is 1. The van der Waals surface area contributed by atoms with Gasteiger partial charge in [0, 0.05) is 16.3 Å². The molecule has 0 aliphatic heterocycles. The molecule has 2 nitrogen and oxygen atoms in total. The number of benzene rings is 2. The van der Waals surface area contributed by atoms with Gasteiger partial charge in [-0.1, -0.05) is 23.2 Å². The first kappa shape index (κ1) is 12.0. The lowest BCUT2D eigenvalue weighted by Gasteiger charge is -1.97. The van der Waals surface area contributed by atoms with Crippen LogP contribution in [0.4, 0.5) is 5.69 Å². The van der Waals surface area contributed by atoms with E-state index < -0.39 is 0 Å². The summed E-state index contributed by atoms with van der Waals surface area (Å²) in [5.41, 5.74) is 1.53. The zero-order valence-electron chi connectivity index (χ0n) is 8.77. The second-order valence-electron chi connectivity index (χ2n) is 3.48. The molecule has 17 heavy (non-hydrogen) atoms. The molecule has 2 aromatic rings. The van der Waals surface area contributed by atoms with Crippen LogP contribution in [-0.2, 0) is 0 Å². The molecule has 0 heterocycles. The van der Waals surface area contributed by atoms with Crippen LogP contribution in [0.3, 0.4) is 0 Å². The molecule has 1 N–H and O–H groups in total. The van der Waals surface area contributed by atoms with E-state index >= 15 is 0 Å². The fourth-order valence-corrected chi connectivity index (χ4v) is 1.71. The fourth-order valence-electron chi connectivity index (χ4n) is 1.35. The van der Waals surface area contributed by atoms with Crippen molar-refractivity contribution in [2.45, 2.75) is 0 Å². The summed E-state index contributed by atoms with van der Waals surface area (Å²) in [5, 5.41) is 10.5. The standard InChI is InChI=1S/C13H9Cl2NO/c14-10-1-3-12(4-2-10)16-8-9-5-11(15)7-13(17)6-9/h1-8,17H. The van der Waals surface area contributed by atoms with Gasteiger partial charge in [0.1, 0.15) is 5.75 Å². The van der Waals surface area contributed by atoms with Crippen molar-refractivity contribution in [2.75, 3.05) is 0 Å². The molecule has 4 heteroatoms. The number of aliphatic imine (C=N–C) groups is 1. The summed E-state index contributed by atoms with van der Waals surface area (Å²) < 4.78 is 0. The van der Waals surface area contributed by atoms with Crippen molar-refractivity contribution in [3.8, 4) is 5.75 Å². The predicted octanol–water partition coefficient (Wildman–Crippen LogP) is 4.45. The third-order valence-corrected chi connectivity index (χ3v) is 2.56. The molecule has 0 amide bonds. The molecule has 0 spiro atoms. The topological polar surface area (TPSA) is 32.6 Å². The Labute approximate surface area is 109 Å². The van der Waals surface area contributed by atoms with Crippen LogP contribution in [0.15, 0.2) is 47.5 Å². The predicted molar refractivity (Wildman–Crippen MR) is 71.8 cm³/mol. The molecule has 0 radical (unpaired) electrons. The fraction of sp³-hybridized carbons (Fsp3) is 0. The van der Waals surface area contributed by atoms with E-state index in [0.717, 1.165) is 11.3 Å². The molecular formula is C13H9Cl2NO. The minimum Gasteiger partial charge on any atom is -0.508 e. The maximum absolute atomic E-state index is 9.36. The Morgan fingerprint density at radius 1 is 0.941 bits per heavy atom. The zero-order valence-corrected chi connectivity index (χ0v) is 10.3. The van der Waals surface area contributed by atoms with E-state index in [4.69, 9.17) is 23.2 Å². The van der Waals surface area contributed by atoms with Gasteiger partial charge in [0.25, 0.3) is 0 Å². The monoisotopic (exact) mass is 265 g/mol. The molecule has 0 atom stereocenters. The number of phenolic OH excluding ortho intramolecular Hbond substituents is 1. The Balaban J connectivity index is 2.22. The molecule has 0 saturated heterocycles.